The lowest BCUT2D eigenvalue weighted by Crippen LogP contribution is -2.42. The van der Waals surface area contributed by atoms with Crippen molar-refractivity contribution in [3.05, 3.63) is 60.8 Å². The van der Waals surface area contributed by atoms with Gasteiger partial charge < -0.3 is 25.2 Å². The molecule has 3 atom stereocenters. The van der Waals surface area contributed by atoms with Crippen molar-refractivity contribution in [2.45, 2.75) is 116 Å². The minimum absolute atomic E-state index is 0.207. The number of carbonyl (C=O) groups excluding carboxylic acids is 2. The SMILES string of the molecule is CC/C=C\C/C=C\C/C=C\C/C=C\C/C=C\CCCCCCCCCC(=O)OCC(O)COP(=O)(O)OCC(NC(C)=O)C(=O)O. The third-order valence-corrected chi connectivity index (χ3v) is 7.31. The summed E-state index contributed by atoms with van der Waals surface area (Å²) in [6, 6.07) is -1.55. The Labute approximate surface area is 275 Å². The lowest BCUT2D eigenvalue weighted by Gasteiger charge is -2.18. The number of allylic oxidation sites excluding steroid dienone is 10. The number of aliphatic hydroxyl groups excluding tert-OH is 1. The largest absolute Gasteiger partial charge is 0.480 e. The molecule has 0 aliphatic heterocycles. The standard InChI is InChI=1S/C34H56NO10P/c1-3-4-5-6-7-8-9-10-11-12-13-14-15-16-17-18-19-20-21-22-23-24-25-26-33(38)43-27-31(37)28-44-46(41,42)45-29-32(34(39)40)35-30(2)36/h4-5,7-8,10-11,13-14,16-17,31-32,37H,3,6,9,12,15,18-29H2,1-2H3,(H,35,36)(H,39,40)(H,41,42)/b5-4-,8-7-,11-10-,14-13-,17-16-. The second-order valence-electron chi connectivity index (χ2n) is 10.7. The first kappa shape index (κ1) is 43.2. The summed E-state index contributed by atoms with van der Waals surface area (Å²) in [5.41, 5.74) is 0. The Hall–Kier alpha value is -2.82. The first-order chi connectivity index (χ1) is 22.1. The molecule has 0 aromatic heterocycles. The number of hydrogen-bond donors (Lipinski definition) is 4. The van der Waals surface area contributed by atoms with Crippen molar-refractivity contribution in [3.63, 3.8) is 0 Å². The number of phosphoric acid groups is 1. The molecule has 0 bridgehead atoms. The van der Waals surface area contributed by atoms with E-state index in [1.807, 2.05) is 5.32 Å². The molecule has 3 unspecified atom stereocenters. The van der Waals surface area contributed by atoms with E-state index < -0.39 is 57.6 Å². The van der Waals surface area contributed by atoms with Gasteiger partial charge in [-0.2, -0.15) is 0 Å². The monoisotopic (exact) mass is 669 g/mol. The van der Waals surface area contributed by atoms with E-state index in [0.29, 0.717) is 6.42 Å². The van der Waals surface area contributed by atoms with Gasteiger partial charge in [0.15, 0.2) is 6.04 Å². The van der Waals surface area contributed by atoms with Crippen molar-refractivity contribution >= 4 is 25.7 Å². The number of rotatable bonds is 29. The number of nitrogens with one attached hydrogen (secondary N) is 1. The lowest BCUT2D eigenvalue weighted by molar-refractivity contribution is -0.147. The number of carbonyl (C=O) groups is 3. The van der Waals surface area contributed by atoms with Crippen LogP contribution in [0.2, 0.25) is 0 Å². The van der Waals surface area contributed by atoms with Gasteiger partial charge in [0, 0.05) is 13.3 Å². The number of aliphatic hydroxyl groups is 1. The van der Waals surface area contributed by atoms with Gasteiger partial charge in [0.05, 0.1) is 13.2 Å². The Balaban J connectivity index is 3.71. The second-order valence-corrected chi connectivity index (χ2v) is 12.2. The number of aliphatic carboxylic acids is 1. The average molecular weight is 670 g/mol. The molecule has 0 spiro atoms. The first-order valence-electron chi connectivity index (χ1n) is 16.3. The van der Waals surface area contributed by atoms with Crippen LogP contribution in [0.5, 0.6) is 0 Å². The van der Waals surface area contributed by atoms with Gasteiger partial charge >= 0.3 is 19.8 Å². The number of unbranched alkanes of at least 4 members (excludes halogenated alkanes) is 7. The van der Waals surface area contributed by atoms with Crippen molar-refractivity contribution < 1.29 is 47.8 Å². The third-order valence-electron chi connectivity index (χ3n) is 6.36. The highest BCUT2D eigenvalue weighted by Crippen LogP contribution is 2.43. The number of carboxylic acid groups (broad SMARTS) is 1. The van der Waals surface area contributed by atoms with Crippen molar-refractivity contribution in [1.29, 1.82) is 0 Å². The topological polar surface area (TPSA) is 169 Å². The highest BCUT2D eigenvalue weighted by Gasteiger charge is 2.28. The van der Waals surface area contributed by atoms with Crippen LogP contribution >= 0.6 is 7.82 Å². The summed E-state index contributed by atoms with van der Waals surface area (Å²) >= 11 is 0. The Bertz CT molecular complexity index is 1020. The number of carboxylic acids is 1. The predicted octanol–water partition coefficient (Wildman–Crippen LogP) is 6.88. The third kappa shape index (κ3) is 29.9. The molecule has 0 aliphatic carbocycles. The van der Waals surface area contributed by atoms with Gasteiger partial charge in [0.1, 0.15) is 12.7 Å². The van der Waals surface area contributed by atoms with E-state index in [2.05, 4.69) is 76.7 Å². The van der Waals surface area contributed by atoms with Gasteiger partial charge in [-0.25, -0.2) is 9.36 Å². The van der Waals surface area contributed by atoms with Crippen molar-refractivity contribution in [3.8, 4) is 0 Å². The van der Waals surface area contributed by atoms with Crippen LogP contribution in [0.15, 0.2) is 60.8 Å². The quantitative estimate of drug-likeness (QED) is 0.0285. The fraction of sp³-hybridized carbons (Fsp3) is 0.618. The van der Waals surface area contributed by atoms with Crippen LogP contribution in [0.25, 0.3) is 0 Å². The smallest absolute Gasteiger partial charge is 0.472 e. The zero-order chi connectivity index (χ0) is 34.3. The molecule has 0 saturated heterocycles. The molecule has 1 amide bonds. The number of ether oxygens (including phenoxy) is 1. The summed E-state index contributed by atoms with van der Waals surface area (Å²) < 4.78 is 26.0. The van der Waals surface area contributed by atoms with Gasteiger partial charge in [-0.15, -0.1) is 0 Å². The fourth-order valence-corrected chi connectivity index (χ4v) is 4.67. The maximum atomic E-state index is 11.9. The van der Waals surface area contributed by atoms with Gasteiger partial charge in [0.2, 0.25) is 5.91 Å². The normalized spacial score (nSPS) is 14.9. The summed E-state index contributed by atoms with van der Waals surface area (Å²) in [7, 11) is -4.71. The zero-order valence-corrected chi connectivity index (χ0v) is 28.5. The molecule has 0 aromatic carbocycles. The minimum atomic E-state index is -4.71. The Morgan fingerprint density at radius 1 is 0.717 bits per heavy atom. The van der Waals surface area contributed by atoms with Crippen molar-refractivity contribution in [2.75, 3.05) is 19.8 Å². The minimum Gasteiger partial charge on any atom is -0.480 e. The lowest BCUT2D eigenvalue weighted by atomic mass is 10.1. The molecule has 0 fully saturated rings. The molecular weight excluding hydrogens is 613 g/mol. The van der Waals surface area contributed by atoms with E-state index in [1.54, 1.807) is 0 Å². The molecule has 4 N–H and O–H groups in total. The summed E-state index contributed by atoms with van der Waals surface area (Å²) in [6.07, 6.45) is 34.2. The number of esters is 1. The van der Waals surface area contributed by atoms with Crippen molar-refractivity contribution in [2.24, 2.45) is 0 Å². The van der Waals surface area contributed by atoms with Crippen LogP contribution in [-0.4, -0.2) is 64.9 Å². The molecule has 0 aromatic rings. The Morgan fingerprint density at radius 2 is 1.20 bits per heavy atom. The zero-order valence-electron chi connectivity index (χ0n) is 27.6. The Morgan fingerprint density at radius 3 is 1.72 bits per heavy atom. The molecule has 11 nitrogen and oxygen atoms in total. The second kappa shape index (κ2) is 29.6. The maximum Gasteiger partial charge on any atom is 0.472 e. The Kier molecular flexibility index (Phi) is 27.8. The maximum absolute atomic E-state index is 11.9. The first-order valence-corrected chi connectivity index (χ1v) is 17.8. The van der Waals surface area contributed by atoms with Crippen molar-refractivity contribution in [1.82, 2.24) is 5.32 Å². The van der Waals surface area contributed by atoms with E-state index in [9.17, 15) is 28.9 Å². The predicted molar refractivity (Wildman–Crippen MR) is 180 cm³/mol. The number of hydrogen-bond acceptors (Lipinski definition) is 8. The highest BCUT2D eigenvalue weighted by atomic mass is 31.2. The molecule has 262 valence electrons. The van der Waals surface area contributed by atoms with Crippen LogP contribution < -0.4 is 5.32 Å². The summed E-state index contributed by atoms with van der Waals surface area (Å²) in [4.78, 5) is 43.5. The molecule has 12 heteroatoms. The summed E-state index contributed by atoms with van der Waals surface area (Å²) in [5.74, 6) is -2.61. The van der Waals surface area contributed by atoms with Crippen LogP contribution in [0.3, 0.4) is 0 Å². The van der Waals surface area contributed by atoms with E-state index >= 15 is 0 Å². The van der Waals surface area contributed by atoms with E-state index in [1.165, 1.54) is 12.8 Å². The van der Waals surface area contributed by atoms with E-state index in [4.69, 9.17) is 9.84 Å². The van der Waals surface area contributed by atoms with Crippen LogP contribution in [0.1, 0.15) is 104 Å². The molecule has 0 saturated carbocycles. The van der Waals surface area contributed by atoms with Gasteiger partial charge in [-0.1, -0.05) is 99.8 Å². The van der Waals surface area contributed by atoms with Gasteiger partial charge in [0.25, 0.3) is 0 Å². The van der Waals surface area contributed by atoms with Crippen LogP contribution in [0.4, 0.5) is 0 Å². The molecule has 0 radical (unpaired) electrons. The molecular formula is C34H56NO10P. The molecule has 0 rings (SSSR count). The molecule has 0 heterocycles. The summed E-state index contributed by atoms with van der Waals surface area (Å²) in [6.45, 7) is 1.29. The molecule has 46 heavy (non-hydrogen) atoms. The highest BCUT2D eigenvalue weighted by molar-refractivity contribution is 7.47. The average Bonchev–Trinajstić information content (AvgIpc) is 3.01. The van der Waals surface area contributed by atoms with Crippen LogP contribution in [0, 0.1) is 0 Å². The summed E-state index contributed by atoms with van der Waals surface area (Å²) in [5, 5.41) is 20.9. The number of amides is 1. The van der Waals surface area contributed by atoms with Gasteiger partial charge in [-0.3, -0.25) is 18.6 Å². The van der Waals surface area contributed by atoms with Gasteiger partial charge in [-0.05, 0) is 51.4 Å². The molecule has 0 aliphatic rings. The number of phosphoric ester groups is 1. The van der Waals surface area contributed by atoms with E-state index in [0.717, 1.165) is 71.1 Å². The fourth-order valence-electron chi connectivity index (χ4n) is 3.90. The van der Waals surface area contributed by atoms with Crippen LogP contribution in [-0.2, 0) is 32.7 Å². The van der Waals surface area contributed by atoms with E-state index in [-0.39, 0.29) is 6.42 Å².